The standard InChI is InChI=1S/C19H22N2O3/c1-14(13-22)12-20-18(23)15-7-6-8-16(11-15)19(24)21(2)17-9-4-3-5-10-17/h3-11,14,22H,12-13H2,1-2H3,(H,20,23). The molecule has 0 radical (unpaired) electrons. The molecule has 5 nitrogen and oxygen atoms in total. The minimum absolute atomic E-state index is 0.0111. The Morgan fingerprint density at radius 1 is 1.08 bits per heavy atom. The third-order valence-corrected chi connectivity index (χ3v) is 3.74. The number of anilines is 1. The number of amides is 2. The lowest BCUT2D eigenvalue weighted by molar-refractivity contribution is 0.0942. The van der Waals surface area contributed by atoms with Gasteiger partial charge in [-0.3, -0.25) is 9.59 Å². The van der Waals surface area contributed by atoms with E-state index in [0.29, 0.717) is 17.7 Å². The highest BCUT2D eigenvalue weighted by molar-refractivity contribution is 6.07. The molecule has 0 aliphatic rings. The van der Waals surface area contributed by atoms with Crippen molar-refractivity contribution < 1.29 is 14.7 Å². The summed E-state index contributed by atoms with van der Waals surface area (Å²) in [5.74, 6) is -0.449. The second-order valence-electron chi connectivity index (χ2n) is 5.78. The summed E-state index contributed by atoms with van der Waals surface area (Å²) in [4.78, 5) is 26.3. The second kappa shape index (κ2) is 8.26. The van der Waals surface area contributed by atoms with Crippen molar-refractivity contribution in [2.45, 2.75) is 6.92 Å². The predicted octanol–water partition coefficient (Wildman–Crippen LogP) is 2.32. The zero-order valence-electron chi connectivity index (χ0n) is 13.9. The summed E-state index contributed by atoms with van der Waals surface area (Å²) in [6.45, 7) is 2.24. The molecule has 2 aromatic carbocycles. The molecule has 0 aromatic heterocycles. The molecule has 0 aliphatic carbocycles. The number of nitrogens with zero attached hydrogens (tertiary/aromatic N) is 1. The number of nitrogens with one attached hydrogen (secondary N) is 1. The Morgan fingerprint density at radius 2 is 1.75 bits per heavy atom. The average molecular weight is 326 g/mol. The van der Waals surface area contributed by atoms with Crippen LogP contribution < -0.4 is 10.2 Å². The lowest BCUT2D eigenvalue weighted by Crippen LogP contribution is -2.30. The van der Waals surface area contributed by atoms with Crippen molar-refractivity contribution in [3.05, 3.63) is 65.7 Å². The van der Waals surface area contributed by atoms with Crippen LogP contribution in [0.4, 0.5) is 5.69 Å². The van der Waals surface area contributed by atoms with E-state index in [-0.39, 0.29) is 24.3 Å². The van der Waals surface area contributed by atoms with Gasteiger partial charge in [0.25, 0.3) is 11.8 Å². The number of carbonyl (C=O) groups is 2. The number of benzene rings is 2. The Balaban J connectivity index is 2.12. The van der Waals surface area contributed by atoms with Gasteiger partial charge in [0.1, 0.15) is 0 Å². The minimum Gasteiger partial charge on any atom is -0.396 e. The van der Waals surface area contributed by atoms with Crippen LogP contribution in [-0.2, 0) is 0 Å². The monoisotopic (exact) mass is 326 g/mol. The maximum Gasteiger partial charge on any atom is 0.258 e. The van der Waals surface area contributed by atoms with Crippen LogP contribution in [0.1, 0.15) is 27.6 Å². The molecule has 1 atom stereocenters. The highest BCUT2D eigenvalue weighted by Crippen LogP contribution is 2.15. The van der Waals surface area contributed by atoms with E-state index in [2.05, 4.69) is 5.32 Å². The molecule has 2 rings (SSSR count). The first kappa shape index (κ1) is 17.7. The van der Waals surface area contributed by atoms with Gasteiger partial charge in [-0.25, -0.2) is 0 Å². The summed E-state index contributed by atoms with van der Waals surface area (Å²) >= 11 is 0. The maximum absolute atomic E-state index is 12.6. The van der Waals surface area contributed by atoms with Crippen molar-refractivity contribution in [1.82, 2.24) is 5.32 Å². The molecule has 0 fully saturated rings. The maximum atomic E-state index is 12.6. The number of para-hydroxylation sites is 1. The number of carbonyl (C=O) groups excluding carboxylic acids is 2. The van der Waals surface area contributed by atoms with Crippen LogP contribution in [0.3, 0.4) is 0 Å². The number of hydrogen-bond donors (Lipinski definition) is 2. The first-order valence-electron chi connectivity index (χ1n) is 7.85. The van der Waals surface area contributed by atoms with Gasteiger partial charge >= 0.3 is 0 Å². The van der Waals surface area contributed by atoms with E-state index in [1.165, 1.54) is 0 Å². The zero-order valence-corrected chi connectivity index (χ0v) is 13.9. The van der Waals surface area contributed by atoms with Gasteiger partial charge in [-0.05, 0) is 36.2 Å². The van der Waals surface area contributed by atoms with Gasteiger partial charge in [-0.2, -0.15) is 0 Å². The molecular weight excluding hydrogens is 304 g/mol. The van der Waals surface area contributed by atoms with Gasteiger partial charge in [-0.15, -0.1) is 0 Å². The molecule has 1 unspecified atom stereocenters. The third-order valence-electron chi connectivity index (χ3n) is 3.74. The first-order chi connectivity index (χ1) is 11.5. The van der Waals surface area contributed by atoms with E-state index in [1.54, 1.807) is 36.2 Å². The van der Waals surface area contributed by atoms with Crippen molar-refractivity contribution in [2.75, 3.05) is 25.1 Å². The number of rotatable bonds is 6. The molecule has 126 valence electrons. The topological polar surface area (TPSA) is 69.6 Å². The Kier molecular flexibility index (Phi) is 6.09. The Hall–Kier alpha value is -2.66. The van der Waals surface area contributed by atoms with Crippen molar-refractivity contribution in [2.24, 2.45) is 5.92 Å². The van der Waals surface area contributed by atoms with Crippen LogP contribution in [0.25, 0.3) is 0 Å². The molecule has 0 heterocycles. The van der Waals surface area contributed by atoms with E-state index in [1.807, 2.05) is 37.3 Å². The van der Waals surface area contributed by atoms with Gasteiger partial charge in [0, 0.05) is 37.0 Å². The summed E-state index contributed by atoms with van der Waals surface area (Å²) in [6.07, 6.45) is 0. The lowest BCUT2D eigenvalue weighted by atomic mass is 10.1. The van der Waals surface area contributed by atoms with Crippen molar-refractivity contribution in [3.63, 3.8) is 0 Å². The molecule has 0 spiro atoms. The average Bonchev–Trinajstić information content (AvgIpc) is 2.65. The van der Waals surface area contributed by atoms with Crippen LogP contribution in [0.15, 0.2) is 54.6 Å². The van der Waals surface area contributed by atoms with E-state index in [0.717, 1.165) is 5.69 Å². The quantitative estimate of drug-likeness (QED) is 0.856. The molecule has 0 bridgehead atoms. The van der Waals surface area contributed by atoms with Crippen LogP contribution >= 0.6 is 0 Å². The van der Waals surface area contributed by atoms with Gasteiger partial charge in [0.15, 0.2) is 0 Å². The molecule has 0 aliphatic heterocycles. The fraction of sp³-hybridized carbons (Fsp3) is 0.263. The fourth-order valence-corrected chi connectivity index (χ4v) is 2.19. The normalized spacial score (nSPS) is 11.6. The van der Waals surface area contributed by atoms with Crippen molar-refractivity contribution >= 4 is 17.5 Å². The molecule has 2 N–H and O–H groups in total. The predicted molar refractivity (Wildman–Crippen MR) is 94.2 cm³/mol. The van der Waals surface area contributed by atoms with Gasteiger partial charge in [0.05, 0.1) is 0 Å². The molecular formula is C19H22N2O3. The van der Waals surface area contributed by atoms with Crippen molar-refractivity contribution in [1.29, 1.82) is 0 Å². The summed E-state index contributed by atoms with van der Waals surface area (Å²) in [5.41, 5.74) is 1.66. The smallest absolute Gasteiger partial charge is 0.258 e. The van der Waals surface area contributed by atoms with Crippen LogP contribution in [-0.4, -0.2) is 37.1 Å². The molecule has 24 heavy (non-hydrogen) atoms. The van der Waals surface area contributed by atoms with Crippen LogP contribution in [0.5, 0.6) is 0 Å². The minimum atomic E-state index is -0.257. The Bertz CT molecular complexity index is 701. The number of aliphatic hydroxyl groups excluding tert-OH is 1. The highest BCUT2D eigenvalue weighted by atomic mass is 16.3. The van der Waals surface area contributed by atoms with Crippen molar-refractivity contribution in [3.8, 4) is 0 Å². The number of hydrogen-bond acceptors (Lipinski definition) is 3. The summed E-state index contributed by atoms with van der Waals surface area (Å²) in [6, 6.07) is 16.0. The Morgan fingerprint density at radius 3 is 2.42 bits per heavy atom. The van der Waals surface area contributed by atoms with Gasteiger partial charge < -0.3 is 15.3 Å². The Labute approximate surface area is 141 Å². The summed E-state index contributed by atoms with van der Waals surface area (Å²) in [7, 11) is 1.70. The highest BCUT2D eigenvalue weighted by Gasteiger charge is 2.15. The lowest BCUT2D eigenvalue weighted by Gasteiger charge is -2.17. The van der Waals surface area contributed by atoms with Crippen LogP contribution in [0, 0.1) is 5.92 Å². The molecule has 0 saturated heterocycles. The first-order valence-corrected chi connectivity index (χ1v) is 7.85. The SMILES string of the molecule is CC(CO)CNC(=O)c1cccc(C(=O)N(C)c2ccccc2)c1. The van der Waals surface area contributed by atoms with Gasteiger partial charge in [0.2, 0.25) is 0 Å². The van der Waals surface area contributed by atoms with E-state index in [4.69, 9.17) is 5.11 Å². The van der Waals surface area contributed by atoms with E-state index < -0.39 is 0 Å². The van der Waals surface area contributed by atoms with Crippen LogP contribution in [0.2, 0.25) is 0 Å². The molecule has 5 heteroatoms. The zero-order chi connectivity index (χ0) is 17.5. The van der Waals surface area contributed by atoms with Gasteiger partial charge in [-0.1, -0.05) is 31.2 Å². The molecule has 0 saturated carbocycles. The summed E-state index contributed by atoms with van der Waals surface area (Å²) < 4.78 is 0. The van der Waals surface area contributed by atoms with E-state index >= 15 is 0 Å². The number of aliphatic hydroxyl groups is 1. The fourth-order valence-electron chi connectivity index (χ4n) is 2.19. The second-order valence-corrected chi connectivity index (χ2v) is 5.78. The summed E-state index contributed by atoms with van der Waals surface area (Å²) in [5, 5.41) is 11.8. The largest absolute Gasteiger partial charge is 0.396 e. The third kappa shape index (κ3) is 4.43. The molecule has 2 amide bonds. The molecule has 2 aromatic rings. The van der Waals surface area contributed by atoms with E-state index in [9.17, 15) is 9.59 Å².